The summed E-state index contributed by atoms with van der Waals surface area (Å²) < 4.78 is 28.8. The van der Waals surface area contributed by atoms with E-state index in [0.29, 0.717) is 13.2 Å². The van der Waals surface area contributed by atoms with Crippen molar-refractivity contribution < 1.29 is 13.2 Å². The molecule has 0 N–H and O–H groups in total. The molecule has 0 aromatic carbocycles. The van der Waals surface area contributed by atoms with Crippen LogP contribution in [0.2, 0.25) is 0 Å². The monoisotopic (exact) mass is 193 g/mol. The van der Waals surface area contributed by atoms with Crippen molar-refractivity contribution in [3.8, 4) is 0 Å². The van der Waals surface area contributed by atoms with Crippen molar-refractivity contribution in [1.82, 2.24) is 4.31 Å². The van der Waals surface area contributed by atoms with Crippen molar-refractivity contribution in [2.45, 2.75) is 18.9 Å². The Morgan fingerprint density at radius 3 is 2.75 bits per heavy atom. The third kappa shape index (κ3) is 2.18. The Morgan fingerprint density at radius 2 is 2.25 bits per heavy atom. The van der Waals surface area contributed by atoms with Crippen LogP contribution in [0.5, 0.6) is 0 Å². The lowest BCUT2D eigenvalue weighted by Gasteiger charge is -2.20. The Kier molecular flexibility index (Phi) is 3.09. The Labute approximate surface area is 73.6 Å². The number of hydrogen-bond acceptors (Lipinski definition) is 3. The minimum atomic E-state index is -3.02. The van der Waals surface area contributed by atoms with Gasteiger partial charge in [-0.3, -0.25) is 0 Å². The van der Waals surface area contributed by atoms with Gasteiger partial charge in [0.15, 0.2) is 0 Å². The largest absolute Gasteiger partial charge is 0.383 e. The van der Waals surface area contributed by atoms with Gasteiger partial charge in [-0.25, -0.2) is 8.42 Å². The molecule has 0 aliphatic carbocycles. The second-order valence-corrected chi connectivity index (χ2v) is 5.06. The van der Waals surface area contributed by atoms with E-state index in [2.05, 4.69) is 0 Å². The summed E-state index contributed by atoms with van der Waals surface area (Å²) in [4.78, 5) is 0. The highest BCUT2D eigenvalue weighted by atomic mass is 32.2. The molecule has 0 aromatic heterocycles. The standard InChI is InChI=1S/C7H15NO3S/c1-11-6-7-4-3-5-8(7)12(2,9)10/h7H,3-6H2,1-2H3. The second-order valence-electron chi connectivity index (χ2n) is 3.13. The van der Waals surface area contributed by atoms with Gasteiger partial charge < -0.3 is 4.74 Å². The van der Waals surface area contributed by atoms with Gasteiger partial charge in [0.2, 0.25) is 10.0 Å². The molecule has 4 nitrogen and oxygen atoms in total. The Balaban J connectivity index is 2.64. The van der Waals surface area contributed by atoms with Crippen LogP contribution in [-0.4, -0.2) is 45.3 Å². The van der Waals surface area contributed by atoms with Crippen LogP contribution >= 0.6 is 0 Å². The molecule has 5 heteroatoms. The summed E-state index contributed by atoms with van der Waals surface area (Å²) in [6, 6.07) is 0.0602. The molecule has 1 rings (SSSR count). The predicted octanol–water partition coefficient (Wildman–Crippen LogP) is 0.0568. The van der Waals surface area contributed by atoms with E-state index in [9.17, 15) is 8.42 Å². The highest BCUT2D eigenvalue weighted by Crippen LogP contribution is 2.19. The summed E-state index contributed by atoms with van der Waals surface area (Å²) in [5.74, 6) is 0. The van der Waals surface area contributed by atoms with Crippen molar-refractivity contribution in [3.05, 3.63) is 0 Å². The number of nitrogens with zero attached hydrogens (tertiary/aromatic N) is 1. The molecule has 1 aliphatic rings. The maximum Gasteiger partial charge on any atom is 0.211 e. The lowest BCUT2D eigenvalue weighted by molar-refractivity contribution is 0.149. The molecule has 0 radical (unpaired) electrons. The van der Waals surface area contributed by atoms with E-state index >= 15 is 0 Å². The maximum absolute atomic E-state index is 11.2. The van der Waals surface area contributed by atoms with Gasteiger partial charge in [-0.1, -0.05) is 0 Å². The number of methoxy groups -OCH3 is 1. The zero-order chi connectivity index (χ0) is 9.19. The fourth-order valence-electron chi connectivity index (χ4n) is 1.60. The molecule has 1 atom stereocenters. The number of sulfonamides is 1. The Bertz CT molecular complexity index is 237. The van der Waals surface area contributed by atoms with E-state index in [4.69, 9.17) is 4.74 Å². The van der Waals surface area contributed by atoms with E-state index < -0.39 is 10.0 Å². The van der Waals surface area contributed by atoms with Crippen LogP contribution in [0.1, 0.15) is 12.8 Å². The summed E-state index contributed by atoms with van der Waals surface area (Å²) >= 11 is 0. The van der Waals surface area contributed by atoms with Gasteiger partial charge in [-0.2, -0.15) is 4.31 Å². The quantitative estimate of drug-likeness (QED) is 0.636. The molecule has 1 heterocycles. The van der Waals surface area contributed by atoms with Crippen molar-refractivity contribution in [3.63, 3.8) is 0 Å². The Morgan fingerprint density at radius 1 is 1.58 bits per heavy atom. The van der Waals surface area contributed by atoms with Gasteiger partial charge in [0.25, 0.3) is 0 Å². The normalized spacial score (nSPS) is 26.3. The predicted molar refractivity (Wildman–Crippen MR) is 46.4 cm³/mol. The van der Waals surface area contributed by atoms with E-state index in [1.165, 1.54) is 10.6 Å². The molecule has 0 aromatic rings. The molecule has 0 amide bonds. The van der Waals surface area contributed by atoms with Gasteiger partial charge >= 0.3 is 0 Å². The van der Waals surface area contributed by atoms with Crippen molar-refractivity contribution >= 4 is 10.0 Å². The summed E-state index contributed by atoms with van der Waals surface area (Å²) in [7, 11) is -1.42. The molecular formula is C7H15NO3S. The highest BCUT2D eigenvalue weighted by molar-refractivity contribution is 7.88. The van der Waals surface area contributed by atoms with E-state index in [1.807, 2.05) is 0 Å². The smallest absolute Gasteiger partial charge is 0.211 e. The second kappa shape index (κ2) is 3.72. The molecule has 1 aliphatic heterocycles. The van der Waals surface area contributed by atoms with Crippen molar-refractivity contribution in [2.24, 2.45) is 0 Å². The van der Waals surface area contributed by atoms with Crippen molar-refractivity contribution in [1.29, 1.82) is 0 Å². The molecule has 0 saturated carbocycles. The SMILES string of the molecule is COCC1CCCN1S(C)(=O)=O. The summed E-state index contributed by atoms with van der Waals surface area (Å²) in [6.45, 7) is 1.15. The topological polar surface area (TPSA) is 46.6 Å². The Hall–Kier alpha value is -0.130. The zero-order valence-corrected chi connectivity index (χ0v) is 8.30. The van der Waals surface area contributed by atoms with Crippen LogP contribution in [0.25, 0.3) is 0 Å². The van der Waals surface area contributed by atoms with E-state index in [1.54, 1.807) is 7.11 Å². The van der Waals surface area contributed by atoms with Crippen LogP contribution in [0.3, 0.4) is 0 Å². The first-order chi connectivity index (χ1) is 5.55. The van der Waals surface area contributed by atoms with Crippen LogP contribution in [0.4, 0.5) is 0 Å². The van der Waals surface area contributed by atoms with E-state index in [0.717, 1.165) is 12.8 Å². The van der Waals surface area contributed by atoms with Gasteiger partial charge in [0, 0.05) is 19.7 Å². The average molecular weight is 193 g/mol. The molecule has 12 heavy (non-hydrogen) atoms. The lowest BCUT2D eigenvalue weighted by atomic mass is 10.2. The minimum absolute atomic E-state index is 0.0602. The molecule has 0 spiro atoms. The number of rotatable bonds is 3. The summed E-state index contributed by atoms with van der Waals surface area (Å²) in [6.07, 6.45) is 3.11. The number of ether oxygens (including phenoxy) is 1. The minimum Gasteiger partial charge on any atom is -0.383 e. The number of hydrogen-bond donors (Lipinski definition) is 0. The fourth-order valence-corrected chi connectivity index (χ4v) is 2.77. The molecule has 0 bridgehead atoms. The first-order valence-corrected chi connectivity index (χ1v) is 5.86. The summed E-state index contributed by atoms with van der Waals surface area (Å²) in [5.41, 5.74) is 0. The first kappa shape index (κ1) is 9.95. The van der Waals surface area contributed by atoms with Crippen molar-refractivity contribution in [2.75, 3.05) is 26.5 Å². The molecule has 1 unspecified atom stereocenters. The maximum atomic E-state index is 11.2. The molecule has 72 valence electrons. The zero-order valence-electron chi connectivity index (χ0n) is 7.49. The van der Waals surface area contributed by atoms with Gasteiger partial charge in [-0.15, -0.1) is 0 Å². The third-order valence-corrected chi connectivity index (χ3v) is 3.44. The highest BCUT2D eigenvalue weighted by Gasteiger charge is 2.30. The van der Waals surface area contributed by atoms with Crippen LogP contribution in [0.15, 0.2) is 0 Å². The van der Waals surface area contributed by atoms with Crippen LogP contribution < -0.4 is 0 Å². The van der Waals surface area contributed by atoms with E-state index in [-0.39, 0.29) is 6.04 Å². The van der Waals surface area contributed by atoms with Crippen LogP contribution in [-0.2, 0) is 14.8 Å². The third-order valence-electron chi connectivity index (χ3n) is 2.11. The fraction of sp³-hybridized carbons (Fsp3) is 1.00. The van der Waals surface area contributed by atoms with Gasteiger partial charge in [0.1, 0.15) is 0 Å². The van der Waals surface area contributed by atoms with Gasteiger partial charge in [-0.05, 0) is 12.8 Å². The summed E-state index contributed by atoms with van der Waals surface area (Å²) in [5, 5.41) is 0. The van der Waals surface area contributed by atoms with Gasteiger partial charge in [0.05, 0.1) is 12.9 Å². The molecule has 1 saturated heterocycles. The first-order valence-electron chi connectivity index (χ1n) is 4.01. The average Bonchev–Trinajstić information content (AvgIpc) is 2.34. The lowest BCUT2D eigenvalue weighted by Crippen LogP contribution is -2.37. The molecule has 1 fully saturated rings. The van der Waals surface area contributed by atoms with Crippen LogP contribution in [0, 0.1) is 0 Å². The molecular weight excluding hydrogens is 178 g/mol.